The van der Waals surface area contributed by atoms with Gasteiger partial charge in [-0.25, -0.2) is 19.7 Å². The summed E-state index contributed by atoms with van der Waals surface area (Å²) in [5.74, 6) is -1.92. The number of ether oxygens (including phenoxy) is 6. The Morgan fingerprint density at radius 1 is 1.03 bits per heavy atom. The molecule has 0 aliphatic carbocycles. The molecule has 0 radical (unpaired) electrons. The molecule has 3 aliphatic heterocycles. The van der Waals surface area contributed by atoms with Crippen molar-refractivity contribution in [2.24, 2.45) is 0 Å². The fourth-order valence-corrected chi connectivity index (χ4v) is 5.50. The summed E-state index contributed by atoms with van der Waals surface area (Å²) in [6.45, 7) is 9.25. The first-order valence-corrected chi connectivity index (χ1v) is 12.8. The van der Waals surface area contributed by atoms with Crippen LogP contribution in [0.4, 0.5) is 0 Å². The van der Waals surface area contributed by atoms with Crippen LogP contribution in [-0.4, -0.2) is 74.2 Å². The SMILES string of the molecule is Cc1nc(Cl)c2ncn([C@@H]3OC4COC(C)(C)O[C@@H]4[C@@H]4OC(C)(C)OC4C3OC(=O)c3ccccc3)c2n1. The molecule has 3 unspecified atom stereocenters. The van der Waals surface area contributed by atoms with Gasteiger partial charge in [0.15, 0.2) is 34.7 Å². The number of carbonyl (C=O) groups excluding carboxylic acids is 1. The van der Waals surface area contributed by atoms with E-state index < -0.39 is 54.3 Å². The molecule has 3 saturated heterocycles. The Morgan fingerprint density at radius 2 is 1.74 bits per heavy atom. The molecule has 0 spiro atoms. The highest BCUT2D eigenvalue weighted by Gasteiger charge is 2.60. The van der Waals surface area contributed by atoms with Crippen molar-refractivity contribution in [2.75, 3.05) is 6.61 Å². The molecule has 3 aromatic rings. The van der Waals surface area contributed by atoms with Crippen LogP contribution < -0.4 is 0 Å². The number of nitrogens with zero attached hydrogens (tertiary/aromatic N) is 4. The van der Waals surface area contributed by atoms with E-state index >= 15 is 0 Å². The van der Waals surface area contributed by atoms with E-state index in [9.17, 15) is 4.79 Å². The van der Waals surface area contributed by atoms with E-state index in [1.165, 1.54) is 0 Å². The van der Waals surface area contributed by atoms with Crippen molar-refractivity contribution in [2.45, 2.75) is 82.9 Å². The van der Waals surface area contributed by atoms with Crippen molar-refractivity contribution in [3.8, 4) is 0 Å². The summed E-state index contributed by atoms with van der Waals surface area (Å²) >= 11 is 6.38. The number of halogens is 1. The number of esters is 1. The number of rotatable bonds is 3. The average molecular weight is 545 g/mol. The monoisotopic (exact) mass is 544 g/mol. The minimum Gasteiger partial charge on any atom is -0.451 e. The second-order valence-corrected chi connectivity index (χ2v) is 10.9. The fraction of sp³-hybridized carbons (Fsp3) is 0.538. The molecule has 3 fully saturated rings. The molecule has 3 aliphatic rings. The standard InChI is InChI=1S/C26H29ClN4O7/c1-13-29-21(27)16-22(30-13)31(12-28-16)23-20(35-24(32)14-9-7-6-8-10-14)19-18(37-26(4,5)38-19)17-15(34-23)11-33-25(2,3)36-17/h6-10,12,15,17-20,23H,11H2,1-5H3/t15?,17-,18-,19?,20?,23+/m0/s1. The molecule has 11 nitrogen and oxygen atoms in total. The van der Waals surface area contributed by atoms with E-state index in [-0.39, 0.29) is 11.8 Å². The fourth-order valence-electron chi connectivity index (χ4n) is 5.24. The van der Waals surface area contributed by atoms with Gasteiger partial charge < -0.3 is 28.4 Å². The largest absolute Gasteiger partial charge is 0.451 e. The van der Waals surface area contributed by atoms with Gasteiger partial charge in [-0.15, -0.1) is 0 Å². The van der Waals surface area contributed by atoms with Gasteiger partial charge in [0, 0.05) is 0 Å². The lowest BCUT2D eigenvalue weighted by Gasteiger charge is -2.42. The number of aromatic nitrogens is 4. The van der Waals surface area contributed by atoms with Crippen LogP contribution in [-0.2, 0) is 28.4 Å². The highest BCUT2D eigenvalue weighted by atomic mass is 35.5. The van der Waals surface area contributed by atoms with Gasteiger partial charge in [0.05, 0.1) is 18.5 Å². The first-order valence-electron chi connectivity index (χ1n) is 12.5. The normalized spacial score (nSPS) is 31.8. The topological polar surface area (TPSA) is 116 Å². The van der Waals surface area contributed by atoms with Crippen molar-refractivity contribution < 1.29 is 33.2 Å². The molecule has 0 saturated carbocycles. The quantitative estimate of drug-likeness (QED) is 0.358. The summed E-state index contributed by atoms with van der Waals surface area (Å²) in [6.07, 6.45) is -2.86. The Kier molecular flexibility index (Phi) is 6.21. The number of benzene rings is 1. The third kappa shape index (κ3) is 4.57. The van der Waals surface area contributed by atoms with E-state index in [0.717, 1.165) is 0 Å². The van der Waals surface area contributed by atoms with E-state index in [0.29, 0.717) is 22.6 Å². The van der Waals surface area contributed by atoms with Crippen molar-refractivity contribution >= 4 is 28.7 Å². The highest BCUT2D eigenvalue weighted by molar-refractivity contribution is 6.33. The molecule has 1 aromatic carbocycles. The Morgan fingerprint density at radius 3 is 2.50 bits per heavy atom. The van der Waals surface area contributed by atoms with E-state index in [1.807, 2.05) is 33.8 Å². The van der Waals surface area contributed by atoms with Crippen LogP contribution in [0.3, 0.4) is 0 Å². The first-order chi connectivity index (χ1) is 18.0. The molecule has 0 N–H and O–H groups in total. The minimum absolute atomic E-state index is 0.209. The zero-order chi connectivity index (χ0) is 26.8. The smallest absolute Gasteiger partial charge is 0.338 e. The van der Waals surface area contributed by atoms with Gasteiger partial charge in [0.25, 0.3) is 0 Å². The summed E-state index contributed by atoms with van der Waals surface area (Å²) in [7, 11) is 0. The van der Waals surface area contributed by atoms with Crippen LogP contribution in [0.2, 0.25) is 5.15 Å². The zero-order valence-electron chi connectivity index (χ0n) is 21.7. The molecule has 2 aromatic heterocycles. The van der Waals surface area contributed by atoms with E-state index in [4.69, 9.17) is 40.0 Å². The average Bonchev–Trinajstić information content (AvgIpc) is 3.39. The van der Waals surface area contributed by atoms with Crippen LogP contribution >= 0.6 is 11.6 Å². The minimum atomic E-state index is -0.974. The molecule has 0 bridgehead atoms. The Hall–Kier alpha value is -2.67. The maximum absolute atomic E-state index is 13.4. The molecule has 202 valence electrons. The van der Waals surface area contributed by atoms with Crippen LogP contribution in [0, 0.1) is 6.92 Å². The first kappa shape index (κ1) is 25.6. The Bertz CT molecular complexity index is 1360. The molecule has 5 heterocycles. The zero-order valence-corrected chi connectivity index (χ0v) is 22.4. The van der Waals surface area contributed by atoms with Gasteiger partial charge in [-0.2, -0.15) is 0 Å². The maximum Gasteiger partial charge on any atom is 0.338 e. The molecule has 12 heteroatoms. The lowest BCUT2D eigenvalue weighted by molar-refractivity contribution is -0.332. The molecule has 38 heavy (non-hydrogen) atoms. The highest BCUT2D eigenvalue weighted by Crippen LogP contribution is 2.44. The van der Waals surface area contributed by atoms with Gasteiger partial charge in [0.2, 0.25) is 0 Å². The third-order valence-electron chi connectivity index (χ3n) is 6.81. The number of hydrogen-bond acceptors (Lipinski definition) is 10. The van der Waals surface area contributed by atoms with Gasteiger partial charge in [-0.3, -0.25) is 4.57 Å². The molecule has 6 atom stereocenters. The second kappa shape index (κ2) is 9.22. The van der Waals surface area contributed by atoms with E-state index in [2.05, 4.69) is 15.0 Å². The Labute approximate surface area is 224 Å². The lowest BCUT2D eigenvalue weighted by atomic mass is 9.99. The third-order valence-corrected chi connectivity index (χ3v) is 7.07. The van der Waals surface area contributed by atoms with Crippen molar-refractivity contribution in [3.05, 3.63) is 53.2 Å². The molecular weight excluding hydrogens is 516 g/mol. The van der Waals surface area contributed by atoms with Crippen molar-refractivity contribution in [1.29, 1.82) is 0 Å². The molecule has 0 amide bonds. The van der Waals surface area contributed by atoms with Crippen molar-refractivity contribution in [1.82, 2.24) is 19.5 Å². The van der Waals surface area contributed by atoms with Gasteiger partial charge in [0.1, 0.15) is 35.8 Å². The number of aryl methyl sites for hydroxylation is 1. The maximum atomic E-state index is 13.4. The van der Waals surface area contributed by atoms with Crippen LogP contribution in [0.1, 0.15) is 50.1 Å². The summed E-state index contributed by atoms with van der Waals surface area (Å²) in [5.41, 5.74) is 1.21. The van der Waals surface area contributed by atoms with Gasteiger partial charge in [-0.1, -0.05) is 29.8 Å². The molecular formula is C26H29ClN4O7. The van der Waals surface area contributed by atoms with Gasteiger partial charge >= 0.3 is 5.97 Å². The summed E-state index contributed by atoms with van der Waals surface area (Å²) in [4.78, 5) is 26.6. The van der Waals surface area contributed by atoms with Gasteiger partial charge in [-0.05, 0) is 46.8 Å². The second-order valence-electron chi connectivity index (χ2n) is 10.5. The van der Waals surface area contributed by atoms with Crippen molar-refractivity contribution in [3.63, 3.8) is 0 Å². The summed E-state index contributed by atoms with van der Waals surface area (Å²) in [5, 5.41) is 0.209. The number of carbonyl (C=O) groups is 1. The predicted molar refractivity (Wildman–Crippen MR) is 133 cm³/mol. The summed E-state index contributed by atoms with van der Waals surface area (Å²) in [6, 6.07) is 8.74. The van der Waals surface area contributed by atoms with Crippen LogP contribution in [0.5, 0.6) is 0 Å². The number of hydrogen-bond donors (Lipinski definition) is 0. The predicted octanol–water partition coefficient (Wildman–Crippen LogP) is 3.58. The van der Waals surface area contributed by atoms with Crippen LogP contribution in [0.25, 0.3) is 11.2 Å². The molecule has 6 rings (SSSR count). The van der Waals surface area contributed by atoms with Crippen LogP contribution in [0.15, 0.2) is 36.7 Å². The lowest BCUT2D eigenvalue weighted by Crippen LogP contribution is -2.55. The Balaban J connectivity index is 1.49. The number of imidazole rings is 1. The summed E-state index contributed by atoms with van der Waals surface area (Å²) < 4.78 is 39.5. The van der Waals surface area contributed by atoms with E-state index in [1.54, 1.807) is 42.1 Å². The number of fused-ring (bicyclic) bond motifs is 4.